The third-order valence-corrected chi connectivity index (χ3v) is 4.34. The molecule has 2 fully saturated rings. The van der Waals surface area contributed by atoms with Gasteiger partial charge in [-0.05, 0) is 24.1 Å². The van der Waals surface area contributed by atoms with E-state index in [9.17, 15) is 13.2 Å². The number of hydrogen-bond donors (Lipinski definition) is 2. The second-order valence-corrected chi connectivity index (χ2v) is 6.30. The van der Waals surface area contributed by atoms with Crippen molar-refractivity contribution in [3.8, 4) is 5.88 Å². The Labute approximate surface area is 147 Å². The molecular formula is C17H17F3N4O2. The summed E-state index contributed by atoms with van der Waals surface area (Å²) in [4.78, 5) is 7.91. The van der Waals surface area contributed by atoms with Crippen molar-refractivity contribution in [1.29, 1.82) is 0 Å². The van der Waals surface area contributed by atoms with Crippen LogP contribution in [-0.4, -0.2) is 41.4 Å². The first-order valence-corrected chi connectivity index (χ1v) is 8.25. The normalized spacial score (nSPS) is 24.7. The second kappa shape index (κ2) is 6.73. The predicted octanol–water partition coefficient (Wildman–Crippen LogP) is 2.96. The molecule has 0 saturated carbocycles. The number of alkyl halides is 3. The van der Waals surface area contributed by atoms with Crippen molar-refractivity contribution >= 4 is 11.6 Å². The van der Waals surface area contributed by atoms with E-state index < -0.39 is 12.8 Å². The van der Waals surface area contributed by atoms with Crippen LogP contribution < -0.4 is 15.4 Å². The predicted molar refractivity (Wildman–Crippen MR) is 87.3 cm³/mol. The molecule has 0 unspecified atom stereocenters. The van der Waals surface area contributed by atoms with Crippen LogP contribution in [0.1, 0.15) is 18.1 Å². The Morgan fingerprint density at radius 1 is 1.23 bits per heavy atom. The molecule has 6 nitrogen and oxygen atoms in total. The maximum atomic E-state index is 12.2. The summed E-state index contributed by atoms with van der Waals surface area (Å²) in [5.74, 6) is 0.0214. The van der Waals surface area contributed by atoms with Crippen molar-refractivity contribution in [1.82, 2.24) is 15.3 Å². The van der Waals surface area contributed by atoms with E-state index in [0.29, 0.717) is 6.04 Å². The quantitative estimate of drug-likeness (QED) is 0.848. The Hall–Kier alpha value is -2.39. The Morgan fingerprint density at radius 3 is 2.69 bits per heavy atom. The smallest absolute Gasteiger partial charge is 0.422 e. The lowest BCUT2D eigenvalue weighted by atomic mass is 10.0. The van der Waals surface area contributed by atoms with Gasteiger partial charge in [-0.25, -0.2) is 4.98 Å². The van der Waals surface area contributed by atoms with Crippen LogP contribution in [0.15, 0.2) is 36.5 Å². The molecule has 0 amide bonds. The van der Waals surface area contributed by atoms with Gasteiger partial charge in [0.15, 0.2) is 6.61 Å². The molecule has 3 heterocycles. The molecule has 0 radical (unpaired) electrons. The van der Waals surface area contributed by atoms with E-state index in [1.807, 2.05) is 24.3 Å². The van der Waals surface area contributed by atoms with Gasteiger partial charge in [-0.1, -0.05) is 12.1 Å². The van der Waals surface area contributed by atoms with Crippen LogP contribution in [0.2, 0.25) is 0 Å². The van der Waals surface area contributed by atoms with Crippen molar-refractivity contribution < 1.29 is 22.6 Å². The summed E-state index contributed by atoms with van der Waals surface area (Å²) >= 11 is 0. The lowest BCUT2D eigenvalue weighted by Gasteiger charge is -2.23. The van der Waals surface area contributed by atoms with E-state index in [1.54, 1.807) is 0 Å². The van der Waals surface area contributed by atoms with E-state index in [1.165, 1.54) is 12.3 Å². The molecule has 26 heavy (non-hydrogen) atoms. The van der Waals surface area contributed by atoms with Gasteiger partial charge in [0.05, 0.1) is 12.2 Å². The van der Waals surface area contributed by atoms with Crippen LogP contribution >= 0.6 is 0 Å². The summed E-state index contributed by atoms with van der Waals surface area (Å²) in [6.07, 6.45) is -1.70. The molecule has 9 heteroatoms. The third-order valence-electron chi connectivity index (χ3n) is 4.34. The first-order chi connectivity index (χ1) is 12.5. The van der Waals surface area contributed by atoms with Crippen molar-refractivity contribution in [3.05, 3.63) is 42.1 Å². The van der Waals surface area contributed by atoms with Gasteiger partial charge in [0.2, 0.25) is 11.8 Å². The molecule has 138 valence electrons. The summed E-state index contributed by atoms with van der Waals surface area (Å²) in [5.41, 5.74) is 1.80. The van der Waals surface area contributed by atoms with Crippen molar-refractivity contribution in [2.45, 2.75) is 30.8 Å². The average molecular weight is 366 g/mol. The third kappa shape index (κ3) is 3.88. The first-order valence-electron chi connectivity index (χ1n) is 8.25. The summed E-state index contributed by atoms with van der Waals surface area (Å²) in [5, 5.41) is 6.39. The lowest BCUT2D eigenvalue weighted by Crippen LogP contribution is -2.33. The van der Waals surface area contributed by atoms with Gasteiger partial charge in [0, 0.05) is 30.5 Å². The Bertz CT molecular complexity index is 769. The van der Waals surface area contributed by atoms with Crippen LogP contribution in [-0.2, 0) is 4.74 Å². The number of aromatic nitrogens is 2. The van der Waals surface area contributed by atoms with E-state index in [0.717, 1.165) is 24.2 Å². The van der Waals surface area contributed by atoms with Gasteiger partial charge < -0.3 is 20.1 Å². The highest BCUT2D eigenvalue weighted by molar-refractivity contribution is 5.54. The van der Waals surface area contributed by atoms with Gasteiger partial charge in [-0.3, -0.25) is 0 Å². The lowest BCUT2D eigenvalue weighted by molar-refractivity contribution is -0.154. The second-order valence-electron chi connectivity index (χ2n) is 6.30. The van der Waals surface area contributed by atoms with Crippen molar-refractivity contribution in [2.75, 3.05) is 18.5 Å². The monoisotopic (exact) mass is 366 g/mol. The van der Waals surface area contributed by atoms with E-state index in [4.69, 9.17) is 4.74 Å². The van der Waals surface area contributed by atoms with Crippen LogP contribution in [0.3, 0.4) is 0 Å². The molecule has 2 aliphatic heterocycles. The number of ether oxygens (including phenoxy) is 2. The molecule has 2 saturated heterocycles. The summed E-state index contributed by atoms with van der Waals surface area (Å²) in [6, 6.07) is 9.26. The van der Waals surface area contributed by atoms with E-state index in [-0.39, 0.29) is 24.0 Å². The van der Waals surface area contributed by atoms with E-state index in [2.05, 4.69) is 25.3 Å². The summed E-state index contributed by atoms with van der Waals surface area (Å²) in [6.45, 7) is -0.485. The maximum Gasteiger partial charge on any atom is 0.422 e. The molecule has 1 aromatic heterocycles. The topological polar surface area (TPSA) is 68.3 Å². The van der Waals surface area contributed by atoms with Gasteiger partial charge >= 0.3 is 6.18 Å². The number of nitrogens with zero attached hydrogens (tertiary/aromatic N) is 2. The SMILES string of the molecule is FC(F)(F)COc1ccnc(Nc2ccc([C@H]3O[C@@H]4CN[C@H]3C4)cc2)n1. The van der Waals surface area contributed by atoms with Gasteiger partial charge in [0.25, 0.3) is 0 Å². The summed E-state index contributed by atoms with van der Waals surface area (Å²) in [7, 11) is 0. The number of hydrogen-bond acceptors (Lipinski definition) is 6. The number of fused-ring (bicyclic) bond motifs is 2. The minimum Gasteiger partial charge on any atom is -0.468 e. The van der Waals surface area contributed by atoms with Crippen LogP contribution in [0.5, 0.6) is 5.88 Å². The minimum absolute atomic E-state index is 0.0538. The fraction of sp³-hybridized carbons (Fsp3) is 0.412. The van der Waals surface area contributed by atoms with Gasteiger partial charge in [0.1, 0.15) is 0 Å². The highest BCUT2D eigenvalue weighted by Crippen LogP contribution is 2.37. The Kier molecular flexibility index (Phi) is 4.41. The van der Waals surface area contributed by atoms with Crippen molar-refractivity contribution in [3.63, 3.8) is 0 Å². The number of benzene rings is 1. The van der Waals surface area contributed by atoms with E-state index >= 15 is 0 Å². The fourth-order valence-corrected chi connectivity index (χ4v) is 3.20. The molecule has 1 aromatic carbocycles. The molecule has 2 bridgehead atoms. The van der Waals surface area contributed by atoms with Crippen LogP contribution in [0.25, 0.3) is 0 Å². The Morgan fingerprint density at radius 2 is 2.04 bits per heavy atom. The number of rotatable bonds is 5. The average Bonchev–Trinajstić information content (AvgIpc) is 3.24. The standard InChI is InChI=1S/C17H17F3N4O2/c18-17(19,20)9-25-14-5-6-21-16(24-14)23-11-3-1-10(2-4-11)15-13-7-12(26-15)8-22-13/h1-6,12-13,15,22H,7-9H2,(H,21,23,24)/t12-,13-,15+/m0/s1. The zero-order chi connectivity index (χ0) is 18.1. The van der Waals surface area contributed by atoms with Crippen LogP contribution in [0, 0.1) is 0 Å². The highest BCUT2D eigenvalue weighted by atomic mass is 19.4. The maximum absolute atomic E-state index is 12.2. The first kappa shape index (κ1) is 17.0. The zero-order valence-electron chi connectivity index (χ0n) is 13.7. The van der Waals surface area contributed by atoms with Gasteiger partial charge in [-0.2, -0.15) is 18.2 Å². The molecule has 3 atom stereocenters. The molecule has 4 rings (SSSR count). The van der Waals surface area contributed by atoms with Crippen molar-refractivity contribution in [2.24, 2.45) is 0 Å². The molecular weight excluding hydrogens is 349 g/mol. The molecule has 2 aliphatic rings. The number of anilines is 2. The molecule has 0 aliphatic carbocycles. The van der Waals surface area contributed by atoms with Gasteiger partial charge in [-0.15, -0.1) is 0 Å². The molecule has 2 aromatic rings. The number of halogens is 3. The number of nitrogens with one attached hydrogen (secondary N) is 2. The zero-order valence-corrected chi connectivity index (χ0v) is 13.7. The highest BCUT2D eigenvalue weighted by Gasteiger charge is 2.41. The fourth-order valence-electron chi connectivity index (χ4n) is 3.20. The largest absolute Gasteiger partial charge is 0.468 e. The minimum atomic E-state index is -4.41. The number of morpholine rings is 1. The molecule has 0 spiro atoms. The Balaban J connectivity index is 1.40. The summed E-state index contributed by atoms with van der Waals surface area (Å²) < 4.78 is 47.2. The van der Waals surface area contributed by atoms with Crippen LogP contribution in [0.4, 0.5) is 24.8 Å². The molecule has 2 N–H and O–H groups in total.